The average molecular weight is 263 g/mol. The largest absolute Gasteiger partial charge is 0.478 e. The van der Waals surface area contributed by atoms with Crippen LogP contribution < -0.4 is 4.72 Å². The molecule has 0 aliphatic carbocycles. The zero-order valence-corrected chi connectivity index (χ0v) is 10.1. The number of aromatic amines is 1. The van der Waals surface area contributed by atoms with Gasteiger partial charge in [0, 0.05) is 0 Å². The van der Waals surface area contributed by atoms with Gasteiger partial charge in [-0.25, -0.2) is 17.9 Å². The van der Waals surface area contributed by atoms with Crippen molar-refractivity contribution < 1.29 is 23.4 Å². The summed E-state index contributed by atoms with van der Waals surface area (Å²) in [5.74, 6) is -1.40. The van der Waals surface area contributed by atoms with Crippen LogP contribution in [0.25, 0.3) is 0 Å². The van der Waals surface area contributed by atoms with E-state index < -0.39 is 38.7 Å². The Hall–Kier alpha value is -1.45. The molecule has 0 saturated carbocycles. The SMILES string of the molecule is CC(C)(CO)NS(=O)(=O)c1[nH]ncc1C(=O)O. The molecular weight excluding hydrogens is 250 g/mol. The fourth-order valence-electron chi connectivity index (χ4n) is 1.08. The van der Waals surface area contributed by atoms with Gasteiger partial charge in [0.25, 0.3) is 10.0 Å². The summed E-state index contributed by atoms with van der Waals surface area (Å²) < 4.78 is 25.8. The third-order valence-electron chi connectivity index (χ3n) is 1.91. The highest BCUT2D eigenvalue weighted by atomic mass is 32.2. The highest BCUT2D eigenvalue weighted by Crippen LogP contribution is 2.14. The third kappa shape index (κ3) is 3.02. The quantitative estimate of drug-likeness (QED) is 0.547. The van der Waals surface area contributed by atoms with Crippen LogP contribution in [0.5, 0.6) is 0 Å². The second-order valence-electron chi connectivity index (χ2n) is 4.07. The highest BCUT2D eigenvalue weighted by Gasteiger charge is 2.30. The van der Waals surface area contributed by atoms with Crippen molar-refractivity contribution in [1.82, 2.24) is 14.9 Å². The third-order valence-corrected chi connectivity index (χ3v) is 3.58. The molecule has 1 rings (SSSR count). The molecule has 8 nitrogen and oxygen atoms in total. The summed E-state index contributed by atoms with van der Waals surface area (Å²) >= 11 is 0. The second-order valence-corrected chi connectivity index (χ2v) is 5.68. The molecule has 0 radical (unpaired) electrons. The zero-order valence-electron chi connectivity index (χ0n) is 9.26. The molecule has 17 heavy (non-hydrogen) atoms. The number of rotatable bonds is 5. The molecule has 0 aliphatic heterocycles. The summed E-state index contributed by atoms with van der Waals surface area (Å²) in [4.78, 5) is 10.8. The van der Waals surface area contributed by atoms with Crippen molar-refractivity contribution in [3.05, 3.63) is 11.8 Å². The lowest BCUT2D eigenvalue weighted by molar-refractivity contribution is 0.0692. The summed E-state index contributed by atoms with van der Waals surface area (Å²) in [6, 6.07) is 0. The van der Waals surface area contributed by atoms with Crippen LogP contribution in [0.3, 0.4) is 0 Å². The predicted octanol–water partition coefficient (Wildman–Crippen LogP) is -0.843. The molecule has 96 valence electrons. The first kappa shape index (κ1) is 13.6. The molecule has 0 aromatic carbocycles. The maximum absolute atomic E-state index is 11.8. The Labute approximate surface area is 97.7 Å². The predicted molar refractivity (Wildman–Crippen MR) is 57.0 cm³/mol. The van der Waals surface area contributed by atoms with E-state index in [0.717, 1.165) is 6.20 Å². The molecule has 0 spiro atoms. The highest BCUT2D eigenvalue weighted by molar-refractivity contribution is 7.89. The Kier molecular flexibility index (Phi) is 3.55. The van der Waals surface area contributed by atoms with E-state index in [-0.39, 0.29) is 0 Å². The van der Waals surface area contributed by atoms with Gasteiger partial charge in [-0.1, -0.05) is 0 Å². The lowest BCUT2D eigenvalue weighted by atomic mass is 10.1. The molecule has 0 saturated heterocycles. The molecule has 0 atom stereocenters. The van der Waals surface area contributed by atoms with E-state index >= 15 is 0 Å². The fraction of sp³-hybridized carbons (Fsp3) is 0.500. The first-order valence-corrected chi connectivity index (χ1v) is 6.09. The Morgan fingerprint density at radius 2 is 2.18 bits per heavy atom. The van der Waals surface area contributed by atoms with E-state index in [9.17, 15) is 13.2 Å². The molecule has 0 aliphatic rings. The van der Waals surface area contributed by atoms with E-state index in [2.05, 4.69) is 14.9 Å². The van der Waals surface area contributed by atoms with Crippen LogP contribution >= 0.6 is 0 Å². The van der Waals surface area contributed by atoms with Crippen molar-refractivity contribution in [3.8, 4) is 0 Å². The van der Waals surface area contributed by atoms with Gasteiger partial charge >= 0.3 is 5.97 Å². The smallest absolute Gasteiger partial charge is 0.340 e. The molecule has 4 N–H and O–H groups in total. The number of carboxylic acids is 1. The molecule has 0 fully saturated rings. The van der Waals surface area contributed by atoms with Gasteiger partial charge in [0.2, 0.25) is 0 Å². The van der Waals surface area contributed by atoms with Crippen molar-refractivity contribution in [3.63, 3.8) is 0 Å². The Bertz CT molecular complexity index is 519. The lowest BCUT2D eigenvalue weighted by Gasteiger charge is -2.22. The molecule has 9 heteroatoms. The number of nitrogens with zero attached hydrogens (tertiary/aromatic N) is 1. The molecule has 1 aromatic rings. The number of hydrogen-bond donors (Lipinski definition) is 4. The first-order chi connectivity index (χ1) is 7.69. The number of nitrogens with one attached hydrogen (secondary N) is 2. The van der Waals surface area contributed by atoms with Crippen LogP contribution in [0, 0.1) is 0 Å². The maximum atomic E-state index is 11.8. The van der Waals surface area contributed by atoms with Gasteiger partial charge in [-0.2, -0.15) is 5.10 Å². The van der Waals surface area contributed by atoms with Gasteiger partial charge in [0.15, 0.2) is 5.03 Å². The fourth-order valence-corrected chi connectivity index (χ4v) is 2.58. The Balaban J connectivity index is 3.15. The van der Waals surface area contributed by atoms with E-state index in [1.54, 1.807) is 0 Å². The molecule has 0 unspecified atom stereocenters. The van der Waals surface area contributed by atoms with Gasteiger partial charge < -0.3 is 10.2 Å². The average Bonchev–Trinajstić information content (AvgIpc) is 2.65. The van der Waals surface area contributed by atoms with Crippen molar-refractivity contribution in [1.29, 1.82) is 0 Å². The molecule has 1 heterocycles. The number of aliphatic hydroxyl groups excluding tert-OH is 1. The number of carbonyl (C=O) groups is 1. The first-order valence-electron chi connectivity index (χ1n) is 4.61. The van der Waals surface area contributed by atoms with Crippen molar-refractivity contribution in [2.24, 2.45) is 0 Å². The van der Waals surface area contributed by atoms with Crippen LogP contribution in [0.2, 0.25) is 0 Å². The standard InChI is InChI=1S/C8H13N3O5S/c1-8(2,4-12)11-17(15,16)6-5(7(13)14)3-9-10-6/h3,11-12H,4H2,1-2H3,(H,9,10)(H,13,14). The lowest BCUT2D eigenvalue weighted by Crippen LogP contribution is -2.46. The molecule has 1 aromatic heterocycles. The normalized spacial score (nSPS) is 12.6. The van der Waals surface area contributed by atoms with Crippen LogP contribution in [0.1, 0.15) is 24.2 Å². The minimum Gasteiger partial charge on any atom is -0.478 e. The summed E-state index contributed by atoms with van der Waals surface area (Å²) in [5.41, 5.74) is -1.55. The minimum absolute atomic E-state index is 0.428. The summed E-state index contributed by atoms with van der Waals surface area (Å²) in [6.07, 6.45) is 0.906. The van der Waals surface area contributed by atoms with Gasteiger partial charge in [-0.05, 0) is 13.8 Å². The number of aliphatic hydroxyl groups is 1. The van der Waals surface area contributed by atoms with Crippen molar-refractivity contribution in [2.75, 3.05) is 6.61 Å². The van der Waals surface area contributed by atoms with Gasteiger partial charge in [0.05, 0.1) is 18.3 Å². The van der Waals surface area contributed by atoms with E-state index in [1.165, 1.54) is 13.8 Å². The zero-order chi connectivity index (χ0) is 13.3. The number of aromatic nitrogens is 2. The Morgan fingerprint density at radius 1 is 1.59 bits per heavy atom. The molecular formula is C8H13N3O5S. The Morgan fingerprint density at radius 3 is 2.65 bits per heavy atom. The van der Waals surface area contributed by atoms with Gasteiger partial charge in [0.1, 0.15) is 5.56 Å². The van der Waals surface area contributed by atoms with Gasteiger partial charge in [-0.3, -0.25) is 5.10 Å². The number of carboxylic acid groups (broad SMARTS) is 1. The molecule has 0 bridgehead atoms. The summed E-state index contributed by atoms with van der Waals surface area (Å²) in [5, 5.41) is 22.7. The van der Waals surface area contributed by atoms with E-state index in [1.807, 2.05) is 0 Å². The van der Waals surface area contributed by atoms with Crippen molar-refractivity contribution in [2.45, 2.75) is 24.4 Å². The molecule has 0 amide bonds. The van der Waals surface area contributed by atoms with E-state index in [4.69, 9.17) is 10.2 Å². The number of hydrogen-bond acceptors (Lipinski definition) is 5. The monoisotopic (exact) mass is 263 g/mol. The summed E-state index contributed by atoms with van der Waals surface area (Å²) in [7, 11) is -4.07. The van der Waals surface area contributed by atoms with Crippen molar-refractivity contribution >= 4 is 16.0 Å². The van der Waals surface area contributed by atoms with Crippen LogP contribution in [-0.2, 0) is 10.0 Å². The minimum atomic E-state index is -4.07. The van der Waals surface area contributed by atoms with E-state index in [0.29, 0.717) is 0 Å². The van der Waals surface area contributed by atoms with Gasteiger partial charge in [-0.15, -0.1) is 0 Å². The topological polar surface area (TPSA) is 132 Å². The number of H-pyrrole nitrogens is 1. The van der Waals surface area contributed by atoms with Crippen LogP contribution in [0.4, 0.5) is 0 Å². The number of aromatic carboxylic acids is 1. The summed E-state index contributed by atoms with van der Waals surface area (Å²) in [6.45, 7) is 2.49. The maximum Gasteiger partial charge on any atom is 0.340 e. The van der Waals surface area contributed by atoms with Crippen LogP contribution in [0.15, 0.2) is 11.2 Å². The van der Waals surface area contributed by atoms with Crippen LogP contribution in [-0.4, -0.2) is 46.9 Å². The second kappa shape index (κ2) is 4.43. The number of sulfonamides is 1.